The lowest BCUT2D eigenvalue weighted by molar-refractivity contribution is -0.129. The predicted molar refractivity (Wildman–Crippen MR) is 78.5 cm³/mol. The van der Waals surface area contributed by atoms with Crippen LogP contribution in [0, 0.1) is 18.7 Å². The Balaban J connectivity index is 2.18. The molecule has 1 heterocycles. The zero-order valence-electron chi connectivity index (χ0n) is 12.4. The second kappa shape index (κ2) is 6.11. The molecular formula is C15H20FN3O2. The van der Waals surface area contributed by atoms with Gasteiger partial charge in [-0.1, -0.05) is 19.9 Å². The van der Waals surface area contributed by atoms with Crippen LogP contribution in [0.2, 0.25) is 0 Å². The summed E-state index contributed by atoms with van der Waals surface area (Å²) in [6.45, 7) is 6.26. The molecule has 1 aliphatic heterocycles. The van der Waals surface area contributed by atoms with Gasteiger partial charge in [-0.3, -0.25) is 4.79 Å². The second-order valence-electron chi connectivity index (χ2n) is 5.52. The number of carbonyl (C=O) groups excluding carboxylic acids is 2. The van der Waals surface area contributed by atoms with Crippen LogP contribution in [0.25, 0.3) is 0 Å². The van der Waals surface area contributed by atoms with E-state index in [0.29, 0.717) is 24.3 Å². The summed E-state index contributed by atoms with van der Waals surface area (Å²) in [5.74, 6) is -0.517. The van der Waals surface area contributed by atoms with E-state index in [2.05, 4.69) is 10.6 Å². The van der Waals surface area contributed by atoms with Gasteiger partial charge in [0.1, 0.15) is 11.9 Å². The molecule has 0 spiro atoms. The number of piperazine rings is 1. The number of hydrogen-bond acceptors (Lipinski definition) is 2. The molecule has 114 valence electrons. The van der Waals surface area contributed by atoms with E-state index in [4.69, 9.17) is 0 Å². The lowest BCUT2D eigenvalue weighted by Gasteiger charge is -2.37. The molecule has 1 aliphatic rings. The fraction of sp³-hybridized carbons (Fsp3) is 0.467. The van der Waals surface area contributed by atoms with E-state index >= 15 is 0 Å². The summed E-state index contributed by atoms with van der Waals surface area (Å²) >= 11 is 0. The number of carbonyl (C=O) groups is 2. The molecule has 3 amide bonds. The largest absolute Gasteiger partial charge is 0.353 e. The van der Waals surface area contributed by atoms with Gasteiger partial charge >= 0.3 is 6.03 Å². The quantitative estimate of drug-likeness (QED) is 0.877. The summed E-state index contributed by atoms with van der Waals surface area (Å²) in [5.41, 5.74) is 0.807. The highest BCUT2D eigenvalue weighted by Crippen LogP contribution is 2.20. The first-order valence-electron chi connectivity index (χ1n) is 7.02. The molecule has 6 heteroatoms. The maximum atomic E-state index is 13.5. The minimum atomic E-state index is -0.507. The Morgan fingerprint density at radius 2 is 2.19 bits per heavy atom. The third-order valence-corrected chi connectivity index (χ3v) is 3.66. The molecule has 0 aliphatic carbocycles. The van der Waals surface area contributed by atoms with Gasteiger partial charge in [0, 0.05) is 24.3 Å². The summed E-state index contributed by atoms with van der Waals surface area (Å²) in [6, 6.07) is 3.65. The van der Waals surface area contributed by atoms with Crippen molar-refractivity contribution in [3.8, 4) is 0 Å². The molecule has 2 rings (SSSR count). The van der Waals surface area contributed by atoms with Gasteiger partial charge in [-0.15, -0.1) is 0 Å². The predicted octanol–water partition coefficient (Wildman–Crippen LogP) is 2.12. The van der Waals surface area contributed by atoms with E-state index < -0.39 is 6.04 Å². The smallest absolute Gasteiger partial charge is 0.322 e. The van der Waals surface area contributed by atoms with Crippen molar-refractivity contribution >= 4 is 17.6 Å². The van der Waals surface area contributed by atoms with Crippen molar-refractivity contribution in [3.63, 3.8) is 0 Å². The summed E-state index contributed by atoms with van der Waals surface area (Å²) in [4.78, 5) is 25.8. The fourth-order valence-corrected chi connectivity index (χ4v) is 2.51. The lowest BCUT2D eigenvalue weighted by Crippen LogP contribution is -2.60. The molecule has 1 aromatic carbocycles. The van der Waals surface area contributed by atoms with Crippen molar-refractivity contribution in [3.05, 3.63) is 29.6 Å². The van der Waals surface area contributed by atoms with Crippen molar-refractivity contribution in [1.29, 1.82) is 0 Å². The molecule has 1 atom stereocenters. The van der Waals surface area contributed by atoms with E-state index in [1.54, 1.807) is 19.1 Å². The Kier molecular flexibility index (Phi) is 4.45. The van der Waals surface area contributed by atoms with Crippen molar-refractivity contribution in [1.82, 2.24) is 10.2 Å². The highest BCUT2D eigenvalue weighted by atomic mass is 19.1. The minimum absolute atomic E-state index is 0.00431. The Hall–Kier alpha value is -2.11. The first kappa shape index (κ1) is 15.3. The van der Waals surface area contributed by atoms with Crippen LogP contribution in [-0.4, -0.2) is 36.0 Å². The second-order valence-corrected chi connectivity index (χ2v) is 5.52. The third-order valence-electron chi connectivity index (χ3n) is 3.66. The Bertz CT molecular complexity index is 560. The number of rotatable bonds is 2. The summed E-state index contributed by atoms with van der Waals surface area (Å²) < 4.78 is 13.5. The summed E-state index contributed by atoms with van der Waals surface area (Å²) in [5, 5.41) is 5.46. The number of benzene rings is 1. The van der Waals surface area contributed by atoms with Gasteiger partial charge in [0.2, 0.25) is 5.91 Å². The lowest BCUT2D eigenvalue weighted by atomic mass is 10.00. The van der Waals surface area contributed by atoms with Crippen molar-refractivity contribution in [2.45, 2.75) is 26.8 Å². The standard InChI is InChI=1S/C15H20FN3O2/c1-9(2)13-14(20)17-7-8-19(13)15(21)18-12-6-4-5-11(16)10(12)3/h4-6,9,13H,7-8H2,1-3H3,(H,17,20)(H,18,21)/t13-/m1/s1. The van der Waals surface area contributed by atoms with Gasteiger partial charge < -0.3 is 15.5 Å². The van der Waals surface area contributed by atoms with Crippen molar-refractivity contribution in [2.24, 2.45) is 5.92 Å². The monoisotopic (exact) mass is 293 g/mol. The number of nitrogens with one attached hydrogen (secondary N) is 2. The Morgan fingerprint density at radius 3 is 2.86 bits per heavy atom. The maximum Gasteiger partial charge on any atom is 0.322 e. The molecule has 1 fully saturated rings. The van der Waals surface area contributed by atoms with Crippen LogP contribution >= 0.6 is 0 Å². The molecule has 5 nitrogen and oxygen atoms in total. The highest BCUT2D eigenvalue weighted by Gasteiger charge is 2.35. The van der Waals surface area contributed by atoms with E-state index in [1.807, 2.05) is 13.8 Å². The van der Waals surface area contributed by atoms with Crippen LogP contribution in [0.5, 0.6) is 0 Å². The number of hydrogen-bond donors (Lipinski definition) is 2. The molecule has 0 radical (unpaired) electrons. The topological polar surface area (TPSA) is 61.4 Å². The van der Waals surface area contributed by atoms with Crippen LogP contribution in [0.4, 0.5) is 14.9 Å². The zero-order chi connectivity index (χ0) is 15.6. The van der Waals surface area contributed by atoms with Gasteiger partial charge in [0.15, 0.2) is 0 Å². The first-order valence-corrected chi connectivity index (χ1v) is 7.02. The highest BCUT2D eigenvalue weighted by molar-refractivity contribution is 5.95. The Labute approximate surface area is 123 Å². The summed E-state index contributed by atoms with van der Waals surface area (Å²) in [7, 11) is 0. The fourth-order valence-electron chi connectivity index (χ4n) is 2.51. The normalized spacial score (nSPS) is 18.6. The van der Waals surface area contributed by atoms with Crippen molar-refractivity contribution in [2.75, 3.05) is 18.4 Å². The maximum absolute atomic E-state index is 13.5. The van der Waals surface area contributed by atoms with Crippen molar-refractivity contribution < 1.29 is 14.0 Å². The first-order chi connectivity index (χ1) is 9.91. The van der Waals surface area contributed by atoms with Gasteiger partial charge in [-0.25, -0.2) is 9.18 Å². The van der Waals surface area contributed by atoms with Crippen LogP contribution in [-0.2, 0) is 4.79 Å². The van der Waals surface area contributed by atoms with Crippen LogP contribution < -0.4 is 10.6 Å². The molecule has 2 N–H and O–H groups in total. The number of halogens is 1. The average molecular weight is 293 g/mol. The third kappa shape index (κ3) is 3.15. The minimum Gasteiger partial charge on any atom is -0.353 e. The number of nitrogens with zero attached hydrogens (tertiary/aromatic N) is 1. The molecule has 0 saturated carbocycles. The molecular weight excluding hydrogens is 273 g/mol. The number of urea groups is 1. The van der Waals surface area contributed by atoms with E-state index in [9.17, 15) is 14.0 Å². The van der Waals surface area contributed by atoms with Crippen LogP contribution in [0.3, 0.4) is 0 Å². The molecule has 0 aromatic heterocycles. The van der Waals surface area contributed by atoms with Gasteiger partial charge in [0.05, 0.1) is 0 Å². The van der Waals surface area contributed by atoms with E-state index in [0.717, 1.165) is 0 Å². The molecule has 0 unspecified atom stereocenters. The van der Waals surface area contributed by atoms with E-state index in [1.165, 1.54) is 11.0 Å². The summed E-state index contributed by atoms with van der Waals surface area (Å²) in [6.07, 6.45) is 0. The Morgan fingerprint density at radius 1 is 1.48 bits per heavy atom. The van der Waals surface area contributed by atoms with Crippen LogP contribution in [0.15, 0.2) is 18.2 Å². The zero-order valence-corrected chi connectivity index (χ0v) is 12.4. The van der Waals surface area contributed by atoms with E-state index in [-0.39, 0.29) is 23.7 Å². The molecule has 1 saturated heterocycles. The van der Waals surface area contributed by atoms with Crippen LogP contribution in [0.1, 0.15) is 19.4 Å². The van der Waals surface area contributed by atoms with Gasteiger partial charge in [-0.05, 0) is 25.0 Å². The number of anilines is 1. The molecule has 21 heavy (non-hydrogen) atoms. The van der Waals surface area contributed by atoms with Gasteiger partial charge in [0.25, 0.3) is 0 Å². The number of amides is 3. The van der Waals surface area contributed by atoms with Gasteiger partial charge in [-0.2, -0.15) is 0 Å². The molecule has 1 aromatic rings. The SMILES string of the molecule is Cc1c(F)cccc1NC(=O)N1CCNC(=O)[C@H]1C(C)C. The average Bonchev–Trinajstić information content (AvgIpc) is 2.43. The molecule has 0 bridgehead atoms.